The second-order valence-corrected chi connectivity index (χ2v) is 5.59. The highest BCUT2D eigenvalue weighted by atomic mass is 16.5. The summed E-state index contributed by atoms with van der Waals surface area (Å²) in [6.07, 6.45) is 6.10. The maximum absolute atomic E-state index is 5.35. The number of nitrogens with one attached hydrogen (secondary N) is 1. The predicted octanol–water partition coefficient (Wildman–Crippen LogP) is 2.48. The molecule has 6 nitrogen and oxygen atoms in total. The van der Waals surface area contributed by atoms with Crippen LogP contribution in [0.1, 0.15) is 39.5 Å². The topological polar surface area (TPSA) is 76.7 Å². The Balaban J connectivity index is 2.02. The molecule has 1 N–H and O–H groups in total. The number of hydrogen-bond acceptors (Lipinski definition) is 6. The Labute approximate surface area is 125 Å². The largest absolute Gasteiger partial charge is 0.339 e. The molecule has 0 aromatic carbocycles. The van der Waals surface area contributed by atoms with Crippen molar-refractivity contribution in [1.29, 1.82) is 0 Å². The molecule has 0 aliphatic heterocycles. The van der Waals surface area contributed by atoms with Gasteiger partial charge in [-0.1, -0.05) is 25.9 Å². The molecular formula is C15H23N5O. The van der Waals surface area contributed by atoms with Gasteiger partial charge in [0.25, 0.3) is 0 Å². The molecule has 0 amide bonds. The lowest BCUT2D eigenvalue weighted by molar-refractivity contribution is 0.338. The molecule has 0 aliphatic rings. The molecule has 0 saturated carbocycles. The summed E-state index contributed by atoms with van der Waals surface area (Å²) in [6.45, 7) is 7.62. The van der Waals surface area contributed by atoms with E-state index >= 15 is 0 Å². The van der Waals surface area contributed by atoms with E-state index in [9.17, 15) is 0 Å². The molecule has 6 heteroatoms. The average Bonchev–Trinajstić information content (AvgIpc) is 2.93. The third-order valence-corrected chi connectivity index (χ3v) is 3.14. The van der Waals surface area contributed by atoms with Crippen molar-refractivity contribution in [3.8, 4) is 11.5 Å². The first kappa shape index (κ1) is 15.6. The highest BCUT2D eigenvalue weighted by Gasteiger charge is 2.16. The van der Waals surface area contributed by atoms with E-state index in [1.54, 1.807) is 12.3 Å². The van der Waals surface area contributed by atoms with Crippen LogP contribution in [0.4, 0.5) is 0 Å². The average molecular weight is 289 g/mol. The molecule has 21 heavy (non-hydrogen) atoms. The molecule has 0 spiro atoms. The van der Waals surface area contributed by atoms with Crippen LogP contribution in [-0.4, -0.2) is 32.7 Å². The maximum atomic E-state index is 5.35. The Kier molecular flexibility index (Phi) is 5.80. The monoisotopic (exact) mass is 289 g/mol. The minimum absolute atomic E-state index is 0.364. The van der Waals surface area contributed by atoms with E-state index in [4.69, 9.17) is 4.52 Å². The van der Waals surface area contributed by atoms with Gasteiger partial charge in [-0.3, -0.25) is 0 Å². The van der Waals surface area contributed by atoms with E-state index in [0.29, 0.717) is 29.4 Å². The Morgan fingerprint density at radius 3 is 2.86 bits per heavy atom. The molecule has 1 unspecified atom stereocenters. The van der Waals surface area contributed by atoms with Gasteiger partial charge in [0.1, 0.15) is 12.0 Å². The molecule has 0 radical (unpaired) electrons. The van der Waals surface area contributed by atoms with Crippen LogP contribution in [0.2, 0.25) is 0 Å². The predicted molar refractivity (Wildman–Crippen MR) is 80.6 cm³/mol. The minimum atomic E-state index is 0.364. The number of aromatic nitrogens is 4. The molecule has 0 aliphatic carbocycles. The Morgan fingerprint density at radius 1 is 1.33 bits per heavy atom. The first-order valence-electron chi connectivity index (χ1n) is 7.51. The summed E-state index contributed by atoms with van der Waals surface area (Å²) in [5, 5.41) is 7.54. The minimum Gasteiger partial charge on any atom is -0.339 e. The maximum Gasteiger partial charge on any atom is 0.228 e. The van der Waals surface area contributed by atoms with Crippen molar-refractivity contribution in [1.82, 2.24) is 25.4 Å². The van der Waals surface area contributed by atoms with Crippen LogP contribution in [0.3, 0.4) is 0 Å². The first-order valence-corrected chi connectivity index (χ1v) is 7.51. The summed E-state index contributed by atoms with van der Waals surface area (Å²) in [4.78, 5) is 12.4. The van der Waals surface area contributed by atoms with Gasteiger partial charge in [-0.25, -0.2) is 9.97 Å². The fourth-order valence-corrected chi connectivity index (χ4v) is 2.23. The van der Waals surface area contributed by atoms with Gasteiger partial charge < -0.3 is 9.84 Å². The first-order chi connectivity index (χ1) is 10.2. The molecule has 2 heterocycles. The standard InChI is InChI=1S/C15H23N5O/c1-4-6-17-12(8-11(2)3)9-14-19-15(20-21-14)13-5-7-16-10-18-13/h5,7,10-12,17H,4,6,8-9H2,1-3H3. The van der Waals surface area contributed by atoms with Gasteiger partial charge in [0.05, 0.1) is 0 Å². The lowest BCUT2D eigenvalue weighted by Gasteiger charge is -2.18. The van der Waals surface area contributed by atoms with Crippen molar-refractivity contribution < 1.29 is 4.52 Å². The van der Waals surface area contributed by atoms with Crippen molar-refractivity contribution in [2.45, 2.75) is 46.1 Å². The molecule has 2 aromatic rings. The van der Waals surface area contributed by atoms with Gasteiger partial charge in [-0.2, -0.15) is 4.98 Å². The van der Waals surface area contributed by atoms with Gasteiger partial charge in [-0.15, -0.1) is 0 Å². The summed E-state index contributed by atoms with van der Waals surface area (Å²) in [7, 11) is 0. The van der Waals surface area contributed by atoms with E-state index in [1.165, 1.54) is 6.33 Å². The van der Waals surface area contributed by atoms with Gasteiger partial charge >= 0.3 is 0 Å². The number of rotatable bonds is 8. The fourth-order valence-electron chi connectivity index (χ4n) is 2.23. The third kappa shape index (κ3) is 4.90. The smallest absolute Gasteiger partial charge is 0.228 e. The second kappa shape index (κ2) is 7.83. The molecule has 114 valence electrons. The summed E-state index contributed by atoms with van der Waals surface area (Å²) < 4.78 is 5.35. The quantitative estimate of drug-likeness (QED) is 0.804. The van der Waals surface area contributed by atoms with Crippen LogP contribution in [0.5, 0.6) is 0 Å². The molecule has 0 bridgehead atoms. The normalized spacial score (nSPS) is 12.8. The van der Waals surface area contributed by atoms with Crippen LogP contribution in [0, 0.1) is 5.92 Å². The molecule has 0 fully saturated rings. The zero-order valence-electron chi connectivity index (χ0n) is 12.9. The van der Waals surface area contributed by atoms with E-state index in [2.05, 4.69) is 46.2 Å². The highest BCUT2D eigenvalue weighted by Crippen LogP contribution is 2.14. The fraction of sp³-hybridized carbons (Fsp3) is 0.600. The van der Waals surface area contributed by atoms with Crippen molar-refractivity contribution in [3.05, 3.63) is 24.5 Å². The van der Waals surface area contributed by atoms with E-state index in [-0.39, 0.29) is 0 Å². The second-order valence-electron chi connectivity index (χ2n) is 5.59. The number of nitrogens with zero attached hydrogens (tertiary/aromatic N) is 4. The third-order valence-electron chi connectivity index (χ3n) is 3.14. The Morgan fingerprint density at radius 2 is 2.19 bits per heavy atom. The highest BCUT2D eigenvalue weighted by molar-refractivity contribution is 5.46. The summed E-state index contributed by atoms with van der Waals surface area (Å²) in [5.74, 6) is 1.80. The lowest BCUT2D eigenvalue weighted by atomic mass is 10.0. The number of hydrogen-bond donors (Lipinski definition) is 1. The van der Waals surface area contributed by atoms with Crippen LogP contribution < -0.4 is 5.32 Å². The summed E-state index contributed by atoms with van der Waals surface area (Å²) in [5.41, 5.74) is 0.682. The van der Waals surface area contributed by atoms with E-state index in [1.807, 2.05) is 0 Å². The zero-order valence-corrected chi connectivity index (χ0v) is 12.9. The Bertz CT molecular complexity index is 526. The van der Waals surface area contributed by atoms with Crippen LogP contribution in [0.15, 0.2) is 23.1 Å². The van der Waals surface area contributed by atoms with Gasteiger partial charge in [0, 0.05) is 18.7 Å². The van der Waals surface area contributed by atoms with Crippen molar-refractivity contribution in [2.75, 3.05) is 6.54 Å². The van der Waals surface area contributed by atoms with Gasteiger partial charge in [0.15, 0.2) is 0 Å². The van der Waals surface area contributed by atoms with E-state index < -0.39 is 0 Å². The van der Waals surface area contributed by atoms with Crippen LogP contribution in [-0.2, 0) is 6.42 Å². The van der Waals surface area contributed by atoms with Crippen molar-refractivity contribution in [2.24, 2.45) is 5.92 Å². The van der Waals surface area contributed by atoms with Crippen LogP contribution >= 0.6 is 0 Å². The van der Waals surface area contributed by atoms with Gasteiger partial charge in [0.2, 0.25) is 11.7 Å². The molecule has 2 aromatic heterocycles. The summed E-state index contributed by atoms with van der Waals surface area (Å²) >= 11 is 0. The summed E-state index contributed by atoms with van der Waals surface area (Å²) in [6, 6.07) is 2.14. The van der Waals surface area contributed by atoms with Crippen molar-refractivity contribution in [3.63, 3.8) is 0 Å². The molecule has 0 saturated heterocycles. The van der Waals surface area contributed by atoms with Crippen LogP contribution in [0.25, 0.3) is 11.5 Å². The Hall–Kier alpha value is -1.82. The van der Waals surface area contributed by atoms with E-state index in [0.717, 1.165) is 25.8 Å². The SMILES string of the molecule is CCCNC(Cc1nc(-c2ccncn2)no1)CC(C)C. The molecular weight excluding hydrogens is 266 g/mol. The molecule has 1 atom stereocenters. The van der Waals surface area contributed by atoms with Crippen molar-refractivity contribution >= 4 is 0 Å². The van der Waals surface area contributed by atoms with Gasteiger partial charge in [-0.05, 0) is 31.4 Å². The molecule has 2 rings (SSSR count). The lowest BCUT2D eigenvalue weighted by Crippen LogP contribution is -2.33. The zero-order chi connectivity index (χ0) is 15.1.